The van der Waals surface area contributed by atoms with Crippen LogP contribution >= 0.6 is 0 Å². The maximum Gasteiger partial charge on any atom is 0.353 e. The van der Waals surface area contributed by atoms with E-state index < -0.39 is 99.8 Å². The molecule has 0 amide bonds. The maximum absolute atomic E-state index is 12.1. The SMILES string of the molecule is Nc1c(NNC2=NC(C(=O)O)N=N2)c(S(=O)(=O)O)cc2cc(S(=O)(=O)O)c(NNC3=NC(C(=O)O)N=N3)c(O)c12. The number of guanidine groups is 2. The fraction of sp³-hybridized carbons (Fsp3) is 0.125. The van der Waals surface area contributed by atoms with Gasteiger partial charge in [0.05, 0.1) is 16.8 Å². The first-order valence-electron chi connectivity index (χ1n) is 10.1. The van der Waals surface area contributed by atoms with E-state index in [1.165, 1.54) is 0 Å². The average molecular weight is 601 g/mol. The number of aromatic hydroxyl groups is 1. The molecule has 40 heavy (non-hydrogen) atoms. The number of nitrogens with one attached hydrogen (secondary N) is 4. The zero-order valence-electron chi connectivity index (χ0n) is 19.1. The number of hydrogen-bond donors (Lipinski definition) is 10. The highest BCUT2D eigenvalue weighted by Crippen LogP contribution is 2.45. The Hall–Kier alpha value is -5.20. The van der Waals surface area contributed by atoms with E-state index in [0.29, 0.717) is 12.1 Å². The highest BCUT2D eigenvalue weighted by atomic mass is 32.2. The highest BCUT2D eigenvalue weighted by molar-refractivity contribution is 7.86. The molecule has 0 spiro atoms. The summed E-state index contributed by atoms with van der Waals surface area (Å²) in [6.07, 6.45) is -3.18. The summed E-state index contributed by atoms with van der Waals surface area (Å²) in [5.41, 5.74) is 12.9. The Morgan fingerprint density at radius 1 is 0.775 bits per heavy atom. The van der Waals surface area contributed by atoms with Crippen LogP contribution in [0.15, 0.2) is 52.4 Å². The first-order chi connectivity index (χ1) is 18.6. The Labute approximate surface area is 220 Å². The molecule has 0 fully saturated rings. The number of benzene rings is 2. The monoisotopic (exact) mass is 601 g/mol. The number of fused-ring (bicyclic) bond motifs is 1. The first kappa shape index (κ1) is 27.8. The molecule has 0 aromatic heterocycles. The summed E-state index contributed by atoms with van der Waals surface area (Å²) in [7, 11) is -10.2. The van der Waals surface area contributed by atoms with Gasteiger partial charge < -0.3 is 21.1 Å². The van der Waals surface area contributed by atoms with Crippen molar-refractivity contribution in [1.29, 1.82) is 0 Å². The van der Waals surface area contributed by atoms with Gasteiger partial charge in [-0.25, -0.2) is 19.6 Å². The van der Waals surface area contributed by atoms with Crippen LogP contribution in [0.2, 0.25) is 0 Å². The summed E-state index contributed by atoms with van der Waals surface area (Å²) >= 11 is 0. The van der Waals surface area contributed by atoms with E-state index in [4.69, 9.17) is 15.9 Å². The summed E-state index contributed by atoms with van der Waals surface area (Å²) < 4.78 is 67.8. The van der Waals surface area contributed by atoms with Gasteiger partial charge >= 0.3 is 11.9 Å². The van der Waals surface area contributed by atoms with Crippen LogP contribution < -0.4 is 27.4 Å². The van der Waals surface area contributed by atoms with Crippen molar-refractivity contribution in [2.75, 3.05) is 16.6 Å². The number of hydrogen-bond acceptors (Lipinski definition) is 18. The third kappa shape index (κ3) is 5.34. The number of phenolic OH excluding ortho intramolecular Hbond substituents is 1. The molecular weight excluding hydrogens is 586 g/mol. The third-order valence-corrected chi connectivity index (χ3v) is 6.73. The van der Waals surface area contributed by atoms with Gasteiger partial charge in [-0.05, 0) is 17.5 Å². The molecule has 0 bridgehead atoms. The van der Waals surface area contributed by atoms with Crippen LogP contribution in [-0.2, 0) is 29.8 Å². The van der Waals surface area contributed by atoms with E-state index >= 15 is 0 Å². The minimum absolute atomic E-state index is 0.404. The molecule has 4 rings (SSSR count). The standard InChI is InChI=1S/C16H15N11O11S2/c17-7-6-3(1-4(39(33,34)35)8(7)20-24-15-18-11(13(29)30)22-26-15)2-5(40(36,37)38)9(10(6)28)21-25-16-19-12(14(31)32)23-27-16/h1-2,11-12,20-21,28H,17H2,(H,18,24)(H,19,25)(H,29,30)(H,31,32)(H,33,34,35)(H,36,37,38). The van der Waals surface area contributed by atoms with Crippen molar-refractivity contribution < 1.29 is 50.8 Å². The molecule has 212 valence electrons. The van der Waals surface area contributed by atoms with Gasteiger partial charge in [0, 0.05) is 0 Å². The van der Waals surface area contributed by atoms with E-state index in [1.807, 2.05) is 0 Å². The number of phenols is 1. The predicted molar refractivity (Wildman–Crippen MR) is 131 cm³/mol. The number of nitrogens with two attached hydrogens (primary N) is 1. The van der Waals surface area contributed by atoms with Crippen LogP contribution in [0, 0.1) is 0 Å². The molecule has 2 aromatic rings. The lowest BCUT2D eigenvalue weighted by molar-refractivity contribution is -0.139. The van der Waals surface area contributed by atoms with E-state index in [-0.39, 0.29) is 0 Å². The van der Waals surface area contributed by atoms with E-state index in [2.05, 4.69) is 52.1 Å². The lowest BCUT2D eigenvalue weighted by Crippen LogP contribution is -2.29. The largest absolute Gasteiger partial charge is 0.505 e. The molecule has 22 nitrogen and oxygen atoms in total. The summed E-state index contributed by atoms with van der Waals surface area (Å²) in [6, 6.07) is 1.39. The number of hydrazine groups is 2. The smallest absolute Gasteiger partial charge is 0.353 e. The lowest BCUT2D eigenvalue weighted by Gasteiger charge is -2.19. The summed E-state index contributed by atoms with van der Waals surface area (Å²) in [5, 5.41) is 41.5. The zero-order valence-corrected chi connectivity index (χ0v) is 20.7. The van der Waals surface area contributed by atoms with Crippen molar-refractivity contribution in [3.63, 3.8) is 0 Å². The average Bonchev–Trinajstić information content (AvgIpc) is 3.51. The Bertz CT molecular complexity index is 1680. The third-order valence-electron chi connectivity index (χ3n) is 4.98. The summed E-state index contributed by atoms with van der Waals surface area (Å²) in [5.74, 6) is -4.78. The molecule has 2 unspecified atom stereocenters. The first-order valence-corrected chi connectivity index (χ1v) is 13.0. The molecule has 24 heteroatoms. The quantitative estimate of drug-likeness (QED) is 0.0743. The van der Waals surface area contributed by atoms with Gasteiger partial charge in [-0.2, -0.15) is 16.8 Å². The van der Waals surface area contributed by atoms with Gasteiger partial charge in [0.25, 0.3) is 44.5 Å². The number of aliphatic carboxylic acids is 2. The molecule has 2 heterocycles. The Balaban J connectivity index is 1.83. The van der Waals surface area contributed by atoms with Crippen molar-refractivity contribution in [3.8, 4) is 5.75 Å². The molecule has 0 radical (unpaired) electrons. The fourth-order valence-electron chi connectivity index (χ4n) is 3.30. The number of nitrogen functional groups attached to an aromatic ring is 1. The minimum atomic E-state index is -5.14. The minimum Gasteiger partial charge on any atom is -0.505 e. The molecule has 2 aliphatic rings. The van der Waals surface area contributed by atoms with E-state index in [1.54, 1.807) is 0 Å². The number of nitrogens with zero attached hydrogens (tertiary/aromatic N) is 6. The summed E-state index contributed by atoms with van der Waals surface area (Å²) in [4.78, 5) is 27.1. The highest BCUT2D eigenvalue weighted by Gasteiger charge is 2.29. The van der Waals surface area contributed by atoms with E-state index in [9.17, 15) is 40.6 Å². The second-order valence-electron chi connectivity index (χ2n) is 7.57. The Kier molecular flexibility index (Phi) is 6.84. The zero-order chi connectivity index (χ0) is 29.6. The fourth-order valence-corrected chi connectivity index (χ4v) is 4.68. The second-order valence-corrected chi connectivity index (χ2v) is 10.4. The number of azo groups is 2. The summed E-state index contributed by atoms with van der Waals surface area (Å²) in [6.45, 7) is 0. The molecule has 0 saturated heterocycles. The van der Waals surface area contributed by atoms with Crippen LogP contribution in [0.1, 0.15) is 0 Å². The predicted octanol–water partition coefficient (Wildman–Crippen LogP) is -1.08. The lowest BCUT2D eigenvalue weighted by atomic mass is 10.0. The topological polar surface area (TPSA) is 352 Å². The Morgan fingerprint density at radius 2 is 1.20 bits per heavy atom. The van der Waals surface area contributed by atoms with Gasteiger partial charge in [-0.15, -0.1) is 20.5 Å². The molecule has 2 atom stereocenters. The van der Waals surface area contributed by atoms with Gasteiger partial charge in [-0.1, -0.05) is 0 Å². The Morgan fingerprint density at radius 3 is 1.60 bits per heavy atom. The van der Waals surface area contributed by atoms with Gasteiger partial charge in [0.1, 0.15) is 15.5 Å². The maximum atomic E-state index is 12.1. The normalized spacial score (nSPS) is 18.4. The number of rotatable bonds is 8. The molecular formula is C16H15N11O11S2. The van der Waals surface area contributed by atoms with Crippen LogP contribution in [0.4, 0.5) is 17.1 Å². The van der Waals surface area contributed by atoms with Crippen molar-refractivity contribution in [2.45, 2.75) is 22.1 Å². The van der Waals surface area contributed by atoms with Crippen molar-refractivity contribution >= 4 is 71.9 Å². The van der Waals surface area contributed by atoms with Gasteiger partial charge in [0.15, 0.2) is 5.75 Å². The van der Waals surface area contributed by atoms with Crippen LogP contribution in [0.5, 0.6) is 5.75 Å². The number of aliphatic imine (C=N–C) groups is 2. The number of carboxylic acids is 2. The molecule has 2 aromatic carbocycles. The van der Waals surface area contributed by atoms with Crippen molar-refractivity contribution in [2.24, 2.45) is 30.4 Å². The van der Waals surface area contributed by atoms with Crippen LogP contribution in [0.25, 0.3) is 10.8 Å². The molecule has 11 N–H and O–H groups in total. The van der Waals surface area contributed by atoms with Gasteiger partial charge in [0.2, 0.25) is 0 Å². The van der Waals surface area contributed by atoms with Gasteiger partial charge in [-0.3, -0.25) is 30.8 Å². The van der Waals surface area contributed by atoms with Crippen LogP contribution in [-0.4, -0.2) is 77.4 Å². The second kappa shape index (κ2) is 9.84. The number of carboxylic acid groups (broad SMARTS) is 2. The van der Waals surface area contributed by atoms with Crippen LogP contribution in [0.3, 0.4) is 0 Å². The number of anilines is 3. The molecule has 0 saturated carbocycles. The molecule has 0 aliphatic carbocycles. The molecule has 2 aliphatic heterocycles. The van der Waals surface area contributed by atoms with Crippen molar-refractivity contribution in [1.82, 2.24) is 10.9 Å². The van der Waals surface area contributed by atoms with Crippen molar-refractivity contribution in [3.05, 3.63) is 12.1 Å². The van der Waals surface area contributed by atoms with E-state index in [0.717, 1.165) is 0 Å². The number of carbonyl (C=O) groups is 2.